The van der Waals surface area contributed by atoms with E-state index in [1.165, 1.54) is 11.6 Å². The number of likely N-dealkylation sites (N-methyl/N-ethyl adjacent to an activating group) is 1. The van der Waals surface area contributed by atoms with Gasteiger partial charge < -0.3 is 19.7 Å². The topological polar surface area (TPSA) is 33.7 Å². The van der Waals surface area contributed by atoms with Gasteiger partial charge in [-0.1, -0.05) is 23.7 Å². The highest BCUT2D eigenvalue weighted by Gasteiger charge is 2.33. The van der Waals surface area contributed by atoms with Crippen LogP contribution in [-0.4, -0.2) is 38.8 Å². The molecule has 2 aromatic carbocycles. The van der Waals surface area contributed by atoms with Gasteiger partial charge in [-0.15, -0.1) is 0 Å². The molecule has 0 aromatic heterocycles. The number of hydrogen-bond acceptors (Lipinski definition) is 4. The van der Waals surface area contributed by atoms with Crippen molar-refractivity contribution in [2.24, 2.45) is 0 Å². The van der Waals surface area contributed by atoms with Gasteiger partial charge in [0.1, 0.15) is 18.1 Å². The third-order valence-electron chi connectivity index (χ3n) is 4.99. The molecule has 1 fully saturated rings. The summed E-state index contributed by atoms with van der Waals surface area (Å²) in [6, 6.07) is 9.63. The maximum absolute atomic E-state index is 13.2. The van der Waals surface area contributed by atoms with Crippen LogP contribution >= 0.6 is 11.6 Å². The maximum Gasteiger partial charge on any atom is 0.417 e. The second-order valence-corrected chi connectivity index (χ2v) is 8.27. The lowest BCUT2D eigenvalue weighted by molar-refractivity contribution is -0.137. The van der Waals surface area contributed by atoms with Gasteiger partial charge in [-0.3, -0.25) is 0 Å². The van der Waals surface area contributed by atoms with Gasteiger partial charge in [0, 0.05) is 18.8 Å². The van der Waals surface area contributed by atoms with E-state index < -0.39 is 11.7 Å². The van der Waals surface area contributed by atoms with Gasteiger partial charge in [0.15, 0.2) is 0 Å². The van der Waals surface area contributed by atoms with Crippen LogP contribution in [0.4, 0.5) is 13.2 Å². The second-order valence-electron chi connectivity index (χ2n) is 7.86. The number of allylic oxidation sites excluding steroid dienone is 1. The number of ether oxygens (including phenoxy) is 2. The molecule has 0 amide bonds. The third-order valence-corrected chi connectivity index (χ3v) is 5.32. The first-order valence-electron chi connectivity index (χ1n) is 10.6. The van der Waals surface area contributed by atoms with E-state index >= 15 is 0 Å². The van der Waals surface area contributed by atoms with Crippen LogP contribution in [0.5, 0.6) is 11.5 Å². The molecule has 0 heterocycles. The smallest absolute Gasteiger partial charge is 0.417 e. The molecule has 3 rings (SSSR count). The molecule has 0 aliphatic heterocycles. The fourth-order valence-corrected chi connectivity index (χ4v) is 3.51. The molecule has 1 aliphatic carbocycles. The summed E-state index contributed by atoms with van der Waals surface area (Å²) in [4.78, 5) is 2.03. The Hall–Kier alpha value is -2.38. The molecule has 32 heavy (non-hydrogen) atoms. The van der Waals surface area contributed by atoms with Crippen LogP contribution in [0.2, 0.25) is 5.02 Å². The zero-order chi connectivity index (χ0) is 23.3. The van der Waals surface area contributed by atoms with E-state index in [4.69, 9.17) is 21.1 Å². The first-order valence-corrected chi connectivity index (χ1v) is 10.9. The molecule has 0 saturated heterocycles. The van der Waals surface area contributed by atoms with Crippen molar-refractivity contribution < 1.29 is 22.6 Å². The van der Waals surface area contributed by atoms with Gasteiger partial charge in [0.2, 0.25) is 0 Å². The number of halogens is 4. The Balaban J connectivity index is 1.89. The van der Waals surface area contributed by atoms with Gasteiger partial charge in [0.05, 0.1) is 22.8 Å². The summed E-state index contributed by atoms with van der Waals surface area (Å²) in [5.41, 5.74) is 2.52. The van der Waals surface area contributed by atoms with Crippen molar-refractivity contribution in [2.45, 2.75) is 32.5 Å². The number of alkyl halides is 3. The van der Waals surface area contributed by atoms with Crippen LogP contribution < -0.4 is 14.8 Å². The minimum Gasteiger partial charge on any atom is -0.493 e. The van der Waals surface area contributed by atoms with Gasteiger partial charge in [0.25, 0.3) is 0 Å². The number of benzene rings is 2. The standard InChI is InChI=1S/C24H28ClF3N2O2/c1-4-31-20-6-5-7-21(32-13-12-30(2)3)22(20)23(17-9-10-17)29-15-16-8-11-19(25)18(14-16)24(26,27)28/h5-8,11,14,29H,4,9-10,12-13,15H2,1-3H3. The Kier molecular flexibility index (Phi) is 7.96. The first-order chi connectivity index (χ1) is 15.2. The molecule has 0 atom stereocenters. The van der Waals surface area contributed by atoms with Gasteiger partial charge >= 0.3 is 6.18 Å². The van der Waals surface area contributed by atoms with Crippen molar-refractivity contribution in [3.63, 3.8) is 0 Å². The molecule has 4 nitrogen and oxygen atoms in total. The molecule has 174 valence electrons. The van der Waals surface area contributed by atoms with Crippen molar-refractivity contribution in [3.05, 3.63) is 63.7 Å². The minimum absolute atomic E-state index is 0.219. The number of rotatable bonds is 10. The summed E-state index contributed by atoms with van der Waals surface area (Å²) in [7, 11) is 3.95. The Labute approximate surface area is 192 Å². The van der Waals surface area contributed by atoms with E-state index in [-0.39, 0.29) is 11.6 Å². The molecule has 1 aliphatic rings. The fourth-order valence-electron chi connectivity index (χ4n) is 3.28. The van der Waals surface area contributed by atoms with Crippen molar-refractivity contribution in [1.29, 1.82) is 0 Å². The zero-order valence-electron chi connectivity index (χ0n) is 18.5. The van der Waals surface area contributed by atoms with E-state index in [2.05, 4.69) is 5.32 Å². The summed E-state index contributed by atoms with van der Waals surface area (Å²) in [6.07, 6.45) is -2.65. The minimum atomic E-state index is -4.50. The fraction of sp³-hybridized carbons (Fsp3) is 0.417. The average molecular weight is 469 g/mol. The van der Waals surface area contributed by atoms with Gasteiger partial charge in [-0.2, -0.15) is 13.2 Å². The molecule has 2 aromatic rings. The quantitative estimate of drug-likeness (QED) is 0.464. The normalized spacial score (nSPS) is 13.3. The second kappa shape index (κ2) is 10.5. The average Bonchev–Trinajstić information content (AvgIpc) is 3.55. The van der Waals surface area contributed by atoms with E-state index in [0.717, 1.165) is 36.7 Å². The SMILES string of the molecule is CCOc1cccc(OCCN(C)C)c1C(NCc1ccc(Cl)c(C(F)(F)F)c1)=C1CC1. The highest BCUT2D eigenvalue weighted by molar-refractivity contribution is 6.31. The monoisotopic (exact) mass is 468 g/mol. The largest absolute Gasteiger partial charge is 0.493 e. The highest BCUT2D eigenvalue weighted by Crippen LogP contribution is 2.42. The summed E-state index contributed by atoms with van der Waals surface area (Å²) in [6.45, 7) is 3.87. The highest BCUT2D eigenvalue weighted by atomic mass is 35.5. The maximum atomic E-state index is 13.2. The molecular formula is C24H28ClF3N2O2. The Morgan fingerprint density at radius 2 is 1.78 bits per heavy atom. The lowest BCUT2D eigenvalue weighted by atomic mass is 10.1. The van der Waals surface area contributed by atoms with Crippen LogP contribution in [0.1, 0.15) is 36.5 Å². The summed E-state index contributed by atoms with van der Waals surface area (Å²) in [5, 5.41) is 3.04. The Morgan fingerprint density at radius 3 is 2.38 bits per heavy atom. The third kappa shape index (κ3) is 6.33. The summed E-state index contributed by atoms with van der Waals surface area (Å²) < 4.78 is 51.7. The van der Waals surface area contributed by atoms with Crippen LogP contribution in [-0.2, 0) is 12.7 Å². The predicted molar refractivity (Wildman–Crippen MR) is 121 cm³/mol. The van der Waals surface area contributed by atoms with Crippen LogP contribution in [0.3, 0.4) is 0 Å². The van der Waals surface area contributed by atoms with Crippen LogP contribution in [0, 0.1) is 0 Å². The lowest BCUT2D eigenvalue weighted by Crippen LogP contribution is -2.20. The predicted octanol–water partition coefficient (Wildman–Crippen LogP) is 5.99. The molecule has 0 bridgehead atoms. The summed E-state index contributed by atoms with van der Waals surface area (Å²) >= 11 is 5.76. The molecule has 0 radical (unpaired) electrons. The van der Waals surface area contributed by atoms with Gasteiger partial charge in [-0.05, 0) is 69.3 Å². The molecule has 1 saturated carbocycles. The van der Waals surface area contributed by atoms with Crippen molar-refractivity contribution in [1.82, 2.24) is 10.2 Å². The van der Waals surface area contributed by atoms with Crippen LogP contribution in [0.25, 0.3) is 5.70 Å². The number of nitrogens with zero attached hydrogens (tertiary/aromatic N) is 1. The first kappa shape index (κ1) is 24.3. The summed E-state index contributed by atoms with van der Waals surface area (Å²) in [5.74, 6) is 1.37. The van der Waals surface area contributed by atoms with E-state index in [9.17, 15) is 13.2 Å². The molecule has 0 unspecified atom stereocenters. The Bertz CT molecular complexity index is 968. The van der Waals surface area contributed by atoms with E-state index in [0.29, 0.717) is 30.3 Å². The van der Waals surface area contributed by atoms with Crippen molar-refractivity contribution in [3.8, 4) is 11.5 Å². The van der Waals surface area contributed by atoms with E-state index in [1.807, 2.05) is 44.1 Å². The van der Waals surface area contributed by atoms with Crippen molar-refractivity contribution in [2.75, 3.05) is 33.9 Å². The lowest BCUT2D eigenvalue weighted by Gasteiger charge is -2.20. The molecular weight excluding hydrogens is 441 g/mol. The molecule has 0 spiro atoms. The number of nitrogens with one attached hydrogen (secondary N) is 1. The molecule has 1 N–H and O–H groups in total. The zero-order valence-corrected chi connectivity index (χ0v) is 19.2. The van der Waals surface area contributed by atoms with Gasteiger partial charge in [-0.25, -0.2) is 0 Å². The number of hydrogen-bond donors (Lipinski definition) is 1. The Morgan fingerprint density at radius 1 is 1.09 bits per heavy atom. The molecule has 8 heteroatoms. The van der Waals surface area contributed by atoms with Crippen molar-refractivity contribution >= 4 is 17.3 Å². The van der Waals surface area contributed by atoms with Crippen LogP contribution in [0.15, 0.2) is 42.0 Å². The van der Waals surface area contributed by atoms with E-state index in [1.54, 1.807) is 6.07 Å².